The van der Waals surface area contributed by atoms with Gasteiger partial charge >= 0.3 is 12.0 Å². The summed E-state index contributed by atoms with van der Waals surface area (Å²) in [6.07, 6.45) is 5.72. The predicted molar refractivity (Wildman–Crippen MR) is 75.6 cm³/mol. The molecular formula is C14H25N3O3. The van der Waals surface area contributed by atoms with Crippen LogP contribution in [-0.2, 0) is 4.79 Å². The van der Waals surface area contributed by atoms with Crippen LogP contribution in [0.3, 0.4) is 0 Å². The van der Waals surface area contributed by atoms with Gasteiger partial charge in [-0.3, -0.25) is 4.79 Å². The van der Waals surface area contributed by atoms with Gasteiger partial charge in [0.05, 0.1) is 0 Å². The summed E-state index contributed by atoms with van der Waals surface area (Å²) in [5.74, 6) is -0.451. The van der Waals surface area contributed by atoms with E-state index in [0.717, 1.165) is 25.8 Å². The summed E-state index contributed by atoms with van der Waals surface area (Å²) in [6.45, 7) is 2.04. The minimum atomic E-state index is -0.949. The summed E-state index contributed by atoms with van der Waals surface area (Å²) in [6, 6.07) is 0.138. The molecule has 20 heavy (non-hydrogen) atoms. The first kappa shape index (κ1) is 15.1. The average molecular weight is 283 g/mol. The van der Waals surface area contributed by atoms with Crippen LogP contribution in [0.1, 0.15) is 32.1 Å². The van der Waals surface area contributed by atoms with Gasteiger partial charge in [0.25, 0.3) is 0 Å². The van der Waals surface area contributed by atoms with Crippen LogP contribution in [0, 0.1) is 5.92 Å². The van der Waals surface area contributed by atoms with Crippen molar-refractivity contribution in [3.8, 4) is 0 Å². The van der Waals surface area contributed by atoms with Crippen molar-refractivity contribution in [2.75, 3.05) is 33.2 Å². The van der Waals surface area contributed by atoms with Crippen LogP contribution in [0.5, 0.6) is 0 Å². The summed E-state index contributed by atoms with van der Waals surface area (Å²) in [4.78, 5) is 26.7. The molecule has 0 spiro atoms. The molecule has 1 aliphatic heterocycles. The van der Waals surface area contributed by atoms with Crippen LogP contribution in [-0.4, -0.2) is 66.2 Å². The summed E-state index contributed by atoms with van der Waals surface area (Å²) in [5, 5.41) is 11.8. The predicted octanol–water partition coefficient (Wildman–Crippen LogP) is 0.977. The van der Waals surface area contributed by atoms with Crippen molar-refractivity contribution in [1.82, 2.24) is 15.1 Å². The Bertz CT molecular complexity index is 358. The van der Waals surface area contributed by atoms with Crippen molar-refractivity contribution < 1.29 is 14.7 Å². The monoisotopic (exact) mass is 283 g/mol. The Balaban J connectivity index is 1.78. The maximum atomic E-state index is 12.1. The van der Waals surface area contributed by atoms with Gasteiger partial charge in [0, 0.05) is 19.1 Å². The number of nitrogens with one attached hydrogen (secondary N) is 1. The lowest BCUT2D eigenvalue weighted by molar-refractivity contribution is -0.137. The number of carbonyl (C=O) groups excluding carboxylic acids is 1. The summed E-state index contributed by atoms with van der Waals surface area (Å²) >= 11 is 0. The summed E-state index contributed by atoms with van der Waals surface area (Å²) < 4.78 is 0. The first-order valence-electron chi connectivity index (χ1n) is 7.51. The van der Waals surface area contributed by atoms with E-state index in [1.807, 2.05) is 0 Å². The Hall–Kier alpha value is -1.30. The van der Waals surface area contributed by atoms with E-state index < -0.39 is 5.97 Å². The lowest BCUT2D eigenvalue weighted by Crippen LogP contribution is -2.49. The standard InChI is InChI=1S/C14H25N3O3/c1-16-7-3-2-4-12(16)8-15-14(20)17(10-13(18)19)9-11-5-6-11/h11-12H,2-10H2,1H3,(H,15,20)(H,18,19). The number of likely N-dealkylation sites (tertiary alicyclic amines) is 1. The zero-order chi connectivity index (χ0) is 14.5. The molecule has 114 valence electrons. The number of carboxylic acids is 1. The molecule has 1 unspecified atom stereocenters. The number of piperidine rings is 1. The minimum Gasteiger partial charge on any atom is -0.480 e. The number of hydrogen-bond donors (Lipinski definition) is 2. The van der Waals surface area contributed by atoms with Crippen molar-refractivity contribution in [2.45, 2.75) is 38.1 Å². The molecule has 2 rings (SSSR count). The molecule has 0 bridgehead atoms. The molecular weight excluding hydrogens is 258 g/mol. The van der Waals surface area contributed by atoms with E-state index in [4.69, 9.17) is 5.11 Å². The molecule has 1 atom stereocenters. The Labute approximate surface area is 120 Å². The molecule has 2 amide bonds. The van der Waals surface area contributed by atoms with E-state index in [1.54, 1.807) is 0 Å². The van der Waals surface area contributed by atoms with Crippen molar-refractivity contribution in [2.24, 2.45) is 5.92 Å². The molecule has 6 heteroatoms. The second kappa shape index (κ2) is 6.92. The maximum Gasteiger partial charge on any atom is 0.323 e. The van der Waals surface area contributed by atoms with Gasteiger partial charge in [-0.15, -0.1) is 0 Å². The average Bonchev–Trinajstić information content (AvgIpc) is 3.20. The molecule has 2 aliphatic rings. The third kappa shape index (κ3) is 4.67. The Morgan fingerprint density at radius 1 is 1.30 bits per heavy atom. The first-order valence-corrected chi connectivity index (χ1v) is 7.51. The van der Waals surface area contributed by atoms with Gasteiger partial charge in [-0.1, -0.05) is 6.42 Å². The van der Waals surface area contributed by atoms with Crippen LogP contribution < -0.4 is 5.32 Å². The highest BCUT2D eigenvalue weighted by Gasteiger charge is 2.28. The van der Waals surface area contributed by atoms with Gasteiger partial charge < -0.3 is 20.2 Å². The molecule has 1 aliphatic carbocycles. The second-order valence-electron chi connectivity index (χ2n) is 6.03. The highest BCUT2D eigenvalue weighted by atomic mass is 16.4. The number of carboxylic acid groups (broad SMARTS) is 1. The zero-order valence-electron chi connectivity index (χ0n) is 12.2. The number of likely N-dealkylation sites (N-methyl/N-ethyl adjacent to an activating group) is 1. The fourth-order valence-corrected chi connectivity index (χ4v) is 2.71. The van der Waals surface area contributed by atoms with Crippen LogP contribution in [0.4, 0.5) is 4.79 Å². The third-order valence-electron chi connectivity index (χ3n) is 4.20. The minimum absolute atomic E-state index is 0.206. The van der Waals surface area contributed by atoms with E-state index in [-0.39, 0.29) is 12.6 Å². The van der Waals surface area contributed by atoms with Gasteiger partial charge in [-0.2, -0.15) is 0 Å². The van der Waals surface area contributed by atoms with Gasteiger partial charge in [0.1, 0.15) is 6.54 Å². The maximum absolute atomic E-state index is 12.1. The Morgan fingerprint density at radius 3 is 2.65 bits per heavy atom. The van der Waals surface area contributed by atoms with Crippen molar-refractivity contribution in [3.63, 3.8) is 0 Å². The Morgan fingerprint density at radius 2 is 2.05 bits per heavy atom. The number of nitrogens with zero attached hydrogens (tertiary/aromatic N) is 2. The van der Waals surface area contributed by atoms with Gasteiger partial charge in [0.15, 0.2) is 0 Å². The third-order valence-corrected chi connectivity index (χ3v) is 4.20. The second-order valence-corrected chi connectivity index (χ2v) is 6.03. The lowest BCUT2D eigenvalue weighted by Gasteiger charge is -2.33. The smallest absolute Gasteiger partial charge is 0.323 e. The first-order chi connectivity index (χ1) is 9.56. The molecule has 0 aromatic heterocycles. The van der Waals surface area contributed by atoms with Crippen molar-refractivity contribution in [1.29, 1.82) is 0 Å². The molecule has 1 saturated carbocycles. The quantitative estimate of drug-likeness (QED) is 0.762. The van der Waals surface area contributed by atoms with E-state index >= 15 is 0 Å². The SMILES string of the molecule is CN1CCCCC1CNC(=O)N(CC(=O)O)CC1CC1. The summed E-state index contributed by atoms with van der Waals surface area (Å²) in [7, 11) is 2.08. The van der Waals surface area contributed by atoms with Crippen molar-refractivity contribution in [3.05, 3.63) is 0 Å². The molecule has 1 saturated heterocycles. The summed E-state index contributed by atoms with van der Waals surface area (Å²) in [5.41, 5.74) is 0. The number of urea groups is 1. The number of hydrogen-bond acceptors (Lipinski definition) is 3. The van der Waals surface area contributed by atoms with Crippen molar-refractivity contribution >= 4 is 12.0 Å². The number of rotatable bonds is 6. The molecule has 6 nitrogen and oxygen atoms in total. The highest BCUT2D eigenvalue weighted by Crippen LogP contribution is 2.29. The van der Waals surface area contributed by atoms with Gasteiger partial charge in [-0.05, 0) is 45.2 Å². The topological polar surface area (TPSA) is 72.9 Å². The number of aliphatic carboxylic acids is 1. The van der Waals surface area contributed by atoms with E-state index in [1.165, 1.54) is 17.7 Å². The number of amides is 2. The largest absolute Gasteiger partial charge is 0.480 e. The highest BCUT2D eigenvalue weighted by molar-refractivity contribution is 5.80. The van der Waals surface area contributed by atoms with Gasteiger partial charge in [-0.25, -0.2) is 4.79 Å². The number of carbonyl (C=O) groups is 2. The molecule has 0 aromatic rings. The fourth-order valence-electron chi connectivity index (χ4n) is 2.71. The zero-order valence-corrected chi connectivity index (χ0v) is 12.2. The molecule has 2 fully saturated rings. The van der Waals surface area contributed by atoms with E-state index in [9.17, 15) is 9.59 Å². The molecule has 1 heterocycles. The van der Waals surface area contributed by atoms with Crippen LogP contribution in [0.2, 0.25) is 0 Å². The van der Waals surface area contributed by atoms with Crippen LogP contribution in [0.15, 0.2) is 0 Å². The molecule has 2 N–H and O–H groups in total. The van der Waals surface area contributed by atoms with Crippen LogP contribution in [0.25, 0.3) is 0 Å². The van der Waals surface area contributed by atoms with Gasteiger partial charge in [0.2, 0.25) is 0 Å². The van der Waals surface area contributed by atoms with Crippen LogP contribution >= 0.6 is 0 Å². The Kier molecular flexibility index (Phi) is 5.23. The normalized spacial score (nSPS) is 23.4. The van der Waals surface area contributed by atoms with E-state index in [0.29, 0.717) is 25.0 Å². The molecule has 0 aromatic carbocycles. The lowest BCUT2D eigenvalue weighted by atomic mass is 10.0. The van der Waals surface area contributed by atoms with E-state index in [2.05, 4.69) is 17.3 Å². The molecule has 0 radical (unpaired) electrons. The fraction of sp³-hybridized carbons (Fsp3) is 0.857.